The minimum Gasteiger partial charge on any atom is -0.334 e. The van der Waals surface area contributed by atoms with E-state index in [2.05, 4.69) is 15.9 Å². The molecule has 0 aliphatic carbocycles. The number of nitrogens with zero attached hydrogens (tertiary/aromatic N) is 1. The average molecular weight is 290 g/mol. The van der Waals surface area contributed by atoms with Gasteiger partial charge in [0.2, 0.25) is 5.91 Å². The minimum absolute atomic E-state index is 0.104. The number of unbranched alkanes of at least 4 members (excludes halogenated alkanes) is 1. The Morgan fingerprint density at radius 1 is 1.33 bits per heavy atom. The average Bonchev–Trinajstić information content (AvgIpc) is 2.13. The Morgan fingerprint density at radius 2 is 1.93 bits per heavy atom. The number of amides is 1. The van der Waals surface area contributed by atoms with Crippen LogP contribution in [0.1, 0.15) is 26.2 Å². The maximum absolute atomic E-state index is 12.0. The van der Waals surface area contributed by atoms with Crippen molar-refractivity contribution in [3.8, 4) is 0 Å². The predicted molar refractivity (Wildman–Crippen MR) is 56.0 cm³/mol. The molecular formula is C9H15BrF3NO. The van der Waals surface area contributed by atoms with Crippen molar-refractivity contribution in [3.63, 3.8) is 0 Å². The first-order valence-corrected chi connectivity index (χ1v) is 5.93. The lowest BCUT2D eigenvalue weighted by Crippen LogP contribution is -2.38. The normalized spacial score (nSPS) is 11.5. The second kappa shape index (κ2) is 7.09. The molecule has 6 heteroatoms. The maximum atomic E-state index is 12.0. The Kier molecular flexibility index (Phi) is 6.96. The lowest BCUT2D eigenvalue weighted by molar-refractivity contribution is -0.160. The van der Waals surface area contributed by atoms with Crippen LogP contribution in [0.4, 0.5) is 13.2 Å². The molecule has 0 unspecified atom stereocenters. The molecule has 0 saturated heterocycles. The number of carbonyl (C=O) groups excluding carboxylic acids is 1. The van der Waals surface area contributed by atoms with E-state index in [1.54, 1.807) is 6.92 Å². The van der Waals surface area contributed by atoms with Gasteiger partial charge in [-0.05, 0) is 19.8 Å². The van der Waals surface area contributed by atoms with Crippen molar-refractivity contribution < 1.29 is 18.0 Å². The first kappa shape index (κ1) is 14.7. The molecule has 90 valence electrons. The number of rotatable bonds is 6. The van der Waals surface area contributed by atoms with Gasteiger partial charge in [0.1, 0.15) is 6.54 Å². The highest BCUT2D eigenvalue weighted by Crippen LogP contribution is 2.17. The van der Waals surface area contributed by atoms with E-state index in [1.165, 1.54) is 0 Å². The lowest BCUT2D eigenvalue weighted by Gasteiger charge is -2.22. The lowest BCUT2D eigenvalue weighted by atomic mass is 10.2. The van der Waals surface area contributed by atoms with Crippen LogP contribution in [0.15, 0.2) is 0 Å². The van der Waals surface area contributed by atoms with E-state index in [0.29, 0.717) is 6.42 Å². The van der Waals surface area contributed by atoms with Crippen LogP contribution in [0.5, 0.6) is 0 Å². The summed E-state index contributed by atoms with van der Waals surface area (Å²) in [6.07, 6.45) is -2.69. The molecule has 0 aliphatic heterocycles. The first-order valence-electron chi connectivity index (χ1n) is 4.81. The Hall–Kier alpha value is -0.260. The van der Waals surface area contributed by atoms with Crippen molar-refractivity contribution in [2.75, 3.05) is 18.4 Å². The van der Waals surface area contributed by atoms with Gasteiger partial charge < -0.3 is 4.90 Å². The fraction of sp³-hybridized carbons (Fsp3) is 0.889. The third kappa shape index (κ3) is 7.64. The summed E-state index contributed by atoms with van der Waals surface area (Å²) in [5.41, 5.74) is 0. The highest BCUT2D eigenvalue weighted by molar-refractivity contribution is 9.09. The fourth-order valence-corrected chi connectivity index (χ4v) is 1.52. The SMILES string of the molecule is CCN(CC(F)(F)F)C(=O)CCCCBr. The monoisotopic (exact) mass is 289 g/mol. The summed E-state index contributed by atoms with van der Waals surface area (Å²) in [5, 5.41) is 0.770. The third-order valence-corrected chi connectivity index (χ3v) is 2.44. The molecule has 2 nitrogen and oxygen atoms in total. The van der Waals surface area contributed by atoms with Crippen LogP contribution in [0.3, 0.4) is 0 Å². The van der Waals surface area contributed by atoms with Gasteiger partial charge in [0, 0.05) is 18.3 Å². The standard InChI is InChI=1S/C9H15BrF3NO/c1-2-14(7-9(11,12)13)8(15)5-3-4-6-10/h2-7H2,1H3. The highest BCUT2D eigenvalue weighted by Gasteiger charge is 2.31. The fourth-order valence-electron chi connectivity index (χ4n) is 1.12. The van der Waals surface area contributed by atoms with Gasteiger partial charge >= 0.3 is 6.18 Å². The zero-order chi connectivity index (χ0) is 11.9. The van der Waals surface area contributed by atoms with Gasteiger partial charge in [-0.1, -0.05) is 15.9 Å². The molecule has 0 radical (unpaired) electrons. The zero-order valence-electron chi connectivity index (χ0n) is 8.61. The maximum Gasteiger partial charge on any atom is 0.406 e. The molecule has 0 rings (SSSR count). The highest BCUT2D eigenvalue weighted by atomic mass is 79.9. The summed E-state index contributed by atoms with van der Waals surface area (Å²) in [4.78, 5) is 12.2. The third-order valence-electron chi connectivity index (χ3n) is 1.88. The van der Waals surface area contributed by atoms with Crippen molar-refractivity contribution in [2.24, 2.45) is 0 Å². The van der Waals surface area contributed by atoms with E-state index >= 15 is 0 Å². The second-order valence-corrected chi connectivity index (χ2v) is 3.96. The summed E-state index contributed by atoms with van der Waals surface area (Å²) in [7, 11) is 0. The summed E-state index contributed by atoms with van der Waals surface area (Å²) in [5.74, 6) is -0.421. The molecule has 0 aliphatic rings. The Bertz CT molecular complexity index is 196. The van der Waals surface area contributed by atoms with Gasteiger partial charge in [0.15, 0.2) is 0 Å². The first-order chi connectivity index (χ1) is 6.90. The van der Waals surface area contributed by atoms with Crippen LogP contribution in [0, 0.1) is 0 Å². The number of halogens is 4. The van der Waals surface area contributed by atoms with Crippen molar-refractivity contribution in [2.45, 2.75) is 32.4 Å². The van der Waals surface area contributed by atoms with E-state index in [9.17, 15) is 18.0 Å². The van der Waals surface area contributed by atoms with Crippen LogP contribution < -0.4 is 0 Å². The van der Waals surface area contributed by atoms with Crippen molar-refractivity contribution in [3.05, 3.63) is 0 Å². The Labute approximate surface area is 95.9 Å². The van der Waals surface area contributed by atoms with E-state index in [0.717, 1.165) is 16.7 Å². The van der Waals surface area contributed by atoms with Crippen LogP contribution >= 0.6 is 15.9 Å². The van der Waals surface area contributed by atoms with Crippen LogP contribution in [0.25, 0.3) is 0 Å². The number of alkyl halides is 4. The van der Waals surface area contributed by atoms with Gasteiger partial charge in [-0.15, -0.1) is 0 Å². The molecule has 0 aromatic heterocycles. The van der Waals surface area contributed by atoms with Crippen molar-refractivity contribution >= 4 is 21.8 Å². The predicted octanol–water partition coefficient (Wildman–Crippen LogP) is 2.96. The van der Waals surface area contributed by atoms with E-state index in [1.807, 2.05) is 0 Å². The van der Waals surface area contributed by atoms with E-state index in [-0.39, 0.29) is 13.0 Å². The molecule has 0 spiro atoms. The second-order valence-electron chi connectivity index (χ2n) is 3.17. The summed E-state index contributed by atoms with van der Waals surface area (Å²) < 4.78 is 36.1. The molecule has 1 amide bonds. The molecular weight excluding hydrogens is 275 g/mol. The minimum atomic E-state index is -4.30. The van der Waals surface area contributed by atoms with Gasteiger partial charge in [-0.3, -0.25) is 4.79 Å². The van der Waals surface area contributed by atoms with Crippen LogP contribution in [-0.4, -0.2) is 35.4 Å². The van der Waals surface area contributed by atoms with Crippen molar-refractivity contribution in [1.82, 2.24) is 4.90 Å². The quantitative estimate of drug-likeness (QED) is 0.544. The molecule has 0 fully saturated rings. The molecule has 0 atom stereocenters. The topological polar surface area (TPSA) is 20.3 Å². The molecule has 0 aromatic carbocycles. The van der Waals surface area contributed by atoms with Gasteiger partial charge in [-0.2, -0.15) is 13.2 Å². The largest absolute Gasteiger partial charge is 0.406 e. The summed E-state index contributed by atoms with van der Waals surface area (Å²) in [6, 6.07) is 0. The number of hydrogen-bond donors (Lipinski definition) is 0. The molecule has 0 aromatic rings. The number of hydrogen-bond acceptors (Lipinski definition) is 1. The van der Waals surface area contributed by atoms with Gasteiger partial charge in [-0.25, -0.2) is 0 Å². The molecule has 0 N–H and O–H groups in total. The van der Waals surface area contributed by atoms with Gasteiger partial charge in [0.05, 0.1) is 0 Å². The summed E-state index contributed by atoms with van der Waals surface area (Å²) in [6.45, 7) is 0.511. The van der Waals surface area contributed by atoms with Crippen LogP contribution in [-0.2, 0) is 4.79 Å². The van der Waals surface area contributed by atoms with Crippen LogP contribution in [0.2, 0.25) is 0 Å². The Morgan fingerprint density at radius 3 is 2.33 bits per heavy atom. The Balaban J connectivity index is 4.00. The van der Waals surface area contributed by atoms with E-state index in [4.69, 9.17) is 0 Å². The smallest absolute Gasteiger partial charge is 0.334 e. The molecule has 0 bridgehead atoms. The summed E-state index contributed by atoms with van der Waals surface area (Å²) >= 11 is 3.20. The molecule has 15 heavy (non-hydrogen) atoms. The van der Waals surface area contributed by atoms with Crippen molar-refractivity contribution in [1.29, 1.82) is 0 Å². The molecule has 0 heterocycles. The van der Waals surface area contributed by atoms with E-state index < -0.39 is 18.6 Å². The van der Waals surface area contributed by atoms with Gasteiger partial charge in [0.25, 0.3) is 0 Å². The molecule has 0 saturated carbocycles. The zero-order valence-corrected chi connectivity index (χ0v) is 10.2. The number of carbonyl (C=O) groups is 1.